The highest BCUT2D eigenvalue weighted by atomic mass is 35.5. The molecule has 3 aromatic carbocycles. The lowest BCUT2D eigenvalue weighted by molar-refractivity contribution is -0.136. The molecular formula is C25H23Cl2N3O4. The van der Waals surface area contributed by atoms with Gasteiger partial charge in [0.2, 0.25) is 0 Å². The van der Waals surface area contributed by atoms with E-state index in [1.807, 2.05) is 32.0 Å². The standard InChI is InChI=1S/C25H23Cl2N3O4/c1-3-33-22-13-18(12-21(27)23(22)34-15-17-7-9-19(26)10-8-17)14-28-30-25(32)24(31)29-20-6-4-5-16(2)11-20/h4-14H,3,15H2,1-2H3,(H,29,31)(H,30,32)/b28-14-. The second kappa shape index (κ2) is 12.1. The number of rotatable bonds is 8. The highest BCUT2D eigenvalue weighted by Gasteiger charge is 2.14. The van der Waals surface area contributed by atoms with E-state index in [4.69, 9.17) is 32.7 Å². The molecule has 0 saturated carbocycles. The summed E-state index contributed by atoms with van der Waals surface area (Å²) in [6, 6.07) is 17.7. The maximum atomic E-state index is 12.0. The Hall–Kier alpha value is -3.55. The lowest BCUT2D eigenvalue weighted by atomic mass is 10.2. The molecule has 2 N–H and O–H groups in total. The molecular weight excluding hydrogens is 477 g/mol. The summed E-state index contributed by atoms with van der Waals surface area (Å²) < 4.78 is 11.5. The Morgan fingerprint density at radius 2 is 1.76 bits per heavy atom. The average molecular weight is 500 g/mol. The quantitative estimate of drug-likeness (QED) is 0.247. The summed E-state index contributed by atoms with van der Waals surface area (Å²) in [5.74, 6) is -0.926. The molecule has 0 radical (unpaired) electrons. The maximum absolute atomic E-state index is 12.0. The number of carbonyl (C=O) groups is 2. The van der Waals surface area contributed by atoms with E-state index < -0.39 is 11.8 Å². The molecule has 9 heteroatoms. The highest BCUT2D eigenvalue weighted by Crippen LogP contribution is 2.37. The van der Waals surface area contributed by atoms with Crippen molar-refractivity contribution in [3.05, 3.63) is 87.4 Å². The van der Waals surface area contributed by atoms with E-state index in [0.29, 0.717) is 39.4 Å². The lowest BCUT2D eigenvalue weighted by Gasteiger charge is -2.14. The summed E-state index contributed by atoms with van der Waals surface area (Å²) >= 11 is 12.3. The number of nitrogens with zero attached hydrogens (tertiary/aromatic N) is 1. The summed E-state index contributed by atoms with van der Waals surface area (Å²) in [5.41, 5.74) is 5.14. The number of benzene rings is 3. The van der Waals surface area contributed by atoms with Gasteiger partial charge in [0.1, 0.15) is 6.61 Å². The SMILES string of the molecule is CCOc1cc(/C=N\NC(=O)C(=O)Nc2cccc(C)c2)cc(Cl)c1OCc1ccc(Cl)cc1. The van der Waals surface area contributed by atoms with E-state index in [0.717, 1.165) is 11.1 Å². The van der Waals surface area contributed by atoms with Gasteiger partial charge in [-0.25, -0.2) is 5.43 Å². The third-order valence-corrected chi connectivity index (χ3v) is 5.02. The Labute approximate surface area is 207 Å². The molecule has 34 heavy (non-hydrogen) atoms. The molecule has 0 spiro atoms. The van der Waals surface area contributed by atoms with Crippen LogP contribution in [0.15, 0.2) is 65.8 Å². The minimum Gasteiger partial charge on any atom is -0.490 e. The van der Waals surface area contributed by atoms with Crippen LogP contribution in [0.25, 0.3) is 0 Å². The van der Waals surface area contributed by atoms with Gasteiger partial charge in [-0.1, -0.05) is 47.5 Å². The molecule has 0 atom stereocenters. The molecule has 2 amide bonds. The predicted molar refractivity (Wildman–Crippen MR) is 134 cm³/mol. The molecule has 0 unspecified atom stereocenters. The topological polar surface area (TPSA) is 89.0 Å². The molecule has 0 aliphatic carbocycles. The van der Waals surface area contributed by atoms with Crippen LogP contribution >= 0.6 is 23.2 Å². The molecule has 0 fully saturated rings. The first-order chi connectivity index (χ1) is 16.4. The highest BCUT2D eigenvalue weighted by molar-refractivity contribution is 6.39. The van der Waals surface area contributed by atoms with Crippen molar-refractivity contribution < 1.29 is 19.1 Å². The third kappa shape index (κ3) is 7.23. The Bertz CT molecular complexity index is 1200. The maximum Gasteiger partial charge on any atom is 0.329 e. The van der Waals surface area contributed by atoms with Crippen LogP contribution in [0.3, 0.4) is 0 Å². The number of ether oxygens (including phenoxy) is 2. The molecule has 0 heterocycles. The van der Waals surface area contributed by atoms with E-state index in [-0.39, 0.29) is 6.61 Å². The minimum absolute atomic E-state index is 0.274. The van der Waals surface area contributed by atoms with Crippen LogP contribution in [-0.4, -0.2) is 24.6 Å². The lowest BCUT2D eigenvalue weighted by Crippen LogP contribution is -2.32. The van der Waals surface area contributed by atoms with Crippen LogP contribution in [0, 0.1) is 6.92 Å². The van der Waals surface area contributed by atoms with E-state index in [1.54, 1.807) is 42.5 Å². The Morgan fingerprint density at radius 3 is 2.47 bits per heavy atom. The fraction of sp³-hybridized carbons (Fsp3) is 0.160. The minimum atomic E-state index is -0.906. The normalized spacial score (nSPS) is 10.7. The van der Waals surface area contributed by atoms with E-state index >= 15 is 0 Å². The second-order valence-corrected chi connectivity index (χ2v) is 8.04. The monoisotopic (exact) mass is 499 g/mol. The van der Waals surface area contributed by atoms with Gasteiger partial charge in [-0.3, -0.25) is 9.59 Å². The number of hydrogen-bond donors (Lipinski definition) is 2. The number of hydrazone groups is 1. The number of hydrogen-bond acceptors (Lipinski definition) is 5. The van der Waals surface area contributed by atoms with Crippen LogP contribution < -0.4 is 20.2 Å². The smallest absolute Gasteiger partial charge is 0.329 e. The second-order valence-electron chi connectivity index (χ2n) is 7.20. The van der Waals surface area contributed by atoms with Gasteiger partial charge in [-0.2, -0.15) is 5.10 Å². The zero-order chi connectivity index (χ0) is 24.5. The molecule has 0 aromatic heterocycles. The number of halogens is 2. The first kappa shape index (κ1) is 25.1. The molecule has 3 aromatic rings. The molecule has 7 nitrogen and oxygen atoms in total. The number of aryl methyl sites for hydroxylation is 1. The van der Waals surface area contributed by atoms with Gasteiger partial charge < -0.3 is 14.8 Å². The Balaban J connectivity index is 1.64. The number of nitrogens with one attached hydrogen (secondary N) is 2. The first-order valence-electron chi connectivity index (χ1n) is 10.4. The van der Waals surface area contributed by atoms with Gasteiger partial charge in [-0.05, 0) is 66.9 Å². The number of carbonyl (C=O) groups excluding carboxylic acids is 2. The molecule has 0 aliphatic rings. The van der Waals surface area contributed by atoms with Crippen molar-refractivity contribution in [1.29, 1.82) is 0 Å². The summed E-state index contributed by atoms with van der Waals surface area (Å²) in [7, 11) is 0. The summed E-state index contributed by atoms with van der Waals surface area (Å²) in [5, 5.41) is 7.31. The van der Waals surface area contributed by atoms with Gasteiger partial charge >= 0.3 is 11.8 Å². The molecule has 3 rings (SSSR count). The number of anilines is 1. The fourth-order valence-electron chi connectivity index (χ4n) is 2.93. The van der Waals surface area contributed by atoms with Crippen molar-refractivity contribution in [1.82, 2.24) is 5.43 Å². The molecule has 0 saturated heterocycles. The van der Waals surface area contributed by atoms with E-state index in [9.17, 15) is 9.59 Å². The van der Waals surface area contributed by atoms with Crippen molar-refractivity contribution in [2.75, 3.05) is 11.9 Å². The molecule has 0 bridgehead atoms. The van der Waals surface area contributed by atoms with Crippen molar-refractivity contribution in [3.63, 3.8) is 0 Å². The van der Waals surface area contributed by atoms with Crippen molar-refractivity contribution in [2.45, 2.75) is 20.5 Å². The largest absolute Gasteiger partial charge is 0.490 e. The van der Waals surface area contributed by atoms with Crippen LogP contribution in [0.4, 0.5) is 5.69 Å². The van der Waals surface area contributed by atoms with Gasteiger partial charge in [0.25, 0.3) is 0 Å². The molecule has 0 aliphatic heterocycles. The zero-order valence-electron chi connectivity index (χ0n) is 18.6. The first-order valence-corrected chi connectivity index (χ1v) is 11.2. The predicted octanol–water partition coefficient (Wildman–Crippen LogP) is 5.37. The third-order valence-electron chi connectivity index (χ3n) is 4.49. The van der Waals surface area contributed by atoms with E-state index in [2.05, 4.69) is 15.8 Å². The van der Waals surface area contributed by atoms with Gasteiger partial charge in [-0.15, -0.1) is 0 Å². The molecule has 176 valence electrons. The van der Waals surface area contributed by atoms with Crippen molar-refractivity contribution in [2.24, 2.45) is 5.10 Å². The average Bonchev–Trinajstić information content (AvgIpc) is 2.80. The van der Waals surface area contributed by atoms with Crippen molar-refractivity contribution >= 4 is 46.9 Å². The van der Waals surface area contributed by atoms with Gasteiger partial charge in [0.15, 0.2) is 11.5 Å². The van der Waals surface area contributed by atoms with Crippen LogP contribution in [0.1, 0.15) is 23.6 Å². The summed E-state index contributed by atoms with van der Waals surface area (Å²) in [6.07, 6.45) is 1.36. The fourth-order valence-corrected chi connectivity index (χ4v) is 3.33. The summed E-state index contributed by atoms with van der Waals surface area (Å²) in [4.78, 5) is 24.1. The van der Waals surface area contributed by atoms with Crippen molar-refractivity contribution in [3.8, 4) is 11.5 Å². The Morgan fingerprint density at radius 1 is 1.00 bits per heavy atom. The van der Waals surface area contributed by atoms with Crippen LogP contribution in [0.2, 0.25) is 10.0 Å². The summed E-state index contributed by atoms with van der Waals surface area (Å²) in [6.45, 7) is 4.39. The van der Waals surface area contributed by atoms with E-state index in [1.165, 1.54) is 6.21 Å². The number of amides is 2. The van der Waals surface area contributed by atoms with Gasteiger partial charge in [0, 0.05) is 10.7 Å². The van der Waals surface area contributed by atoms with Gasteiger partial charge in [0.05, 0.1) is 17.8 Å². The Kier molecular flexibility index (Phi) is 8.90. The zero-order valence-corrected chi connectivity index (χ0v) is 20.1. The van der Waals surface area contributed by atoms with Crippen LogP contribution in [-0.2, 0) is 16.2 Å². The van der Waals surface area contributed by atoms with Crippen LogP contribution in [0.5, 0.6) is 11.5 Å².